The van der Waals surface area contributed by atoms with Crippen molar-refractivity contribution in [1.29, 1.82) is 0 Å². The summed E-state index contributed by atoms with van der Waals surface area (Å²) in [5.41, 5.74) is 0. The summed E-state index contributed by atoms with van der Waals surface area (Å²) in [7, 11) is 0. The normalized spacial score (nSPS) is 19.2. The number of nitrogens with zero attached hydrogens (tertiary/aromatic N) is 5. The molecule has 1 fully saturated rings. The van der Waals surface area contributed by atoms with Crippen molar-refractivity contribution in [3.8, 4) is 0 Å². The molecule has 1 saturated heterocycles. The first kappa shape index (κ1) is 13.2. The third kappa shape index (κ3) is 3.04. The Balaban J connectivity index is 1.55. The Morgan fingerprint density at radius 1 is 1.45 bits per heavy atom. The van der Waals surface area contributed by atoms with Crippen LogP contribution in [0.25, 0.3) is 0 Å². The van der Waals surface area contributed by atoms with Crippen molar-refractivity contribution in [3.63, 3.8) is 0 Å². The zero-order valence-electron chi connectivity index (χ0n) is 11.2. The van der Waals surface area contributed by atoms with E-state index in [-0.39, 0.29) is 5.91 Å². The van der Waals surface area contributed by atoms with Gasteiger partial charge in [-0.3, -0.25) is 9.48 Å². The summed E-state index contributed by atoms with van der Waals surface area (Å²) in [5, 5.41) is 10.8. The van der Waals surface area contributed by atoms with Crippen LogP contribution in [0.1, 0.15) is 30.2 Å². The minimum Gasteiger partial charge on any atom is -0.342 e. The second-order valence-electron chi connectivity index (χ2n) is 4.97. The minimum atomic E-state index is 0.196. The highest BCUT2D eigenvalue weighted by Gasteiger charge is 2.25. The summed E-state index contributed by atoms with van der Waals surface area (Å²) >= 11 is 1.68. The van der Waals surface area contributed by atoms with Gasteiger partial charge in [0.1, 0.15) is 0 Å². The van der Waals surface area contributed by atoms with Crippen molar-refractivity contribution in [3.05, 3.63) is 29.0 Å². The first-order valence-corrected chi connectivity index (χ1v) is 7.72. The molecular weight excluding hydrogens is 274 g/mol. The number of carbonyl (C=O) groups is 1. The number of hydrogen-bond acceptors (Lipinski definition) is 5. The maximum Gasteiger partial charge on any atom is 0.224 e. The third-order valence-corrected chi connectivity index (χ3v) is 4.54. The van der Waals surface area contributed by atoms with E-state index >= 15 is 0 Å². The number of piperidine rings is 1. The fourth-order valence-electron chi connectivity index (χ4n) is 2.56. The van der Waals surface area contributed by atoms with Gasteiger partial charge in [-0.05, 0) is 12.8 Å². The molecule has 0 bridgehead atoms. The van der Waals surface area contributed by atoms with Gasteiger partial charge >= 0.3 is 0 Å². The van der Waals surface area contributed by atoms with E-state index in [0.29, 0.717) is 18.9 Å². The number of rotatable bonds is 4. The summed E-state index contributed by atoms with van der Waals surface area (Å²) in [5.74, 6) is 0.598. The summed E-state index contributed by atoms with van der Waals surface area (Å²) in [6.45, 7) is 2.25. The maximum atomic E-state index is 12.3. The Labute approximate surface area is 121 Å². The number of hydrogen-bond donors (Lipinski definition) is 0. The topological polar surface area (TPSA) is 63.9 Å². The van der Waals surface area contributed by atoms with E-state index < -0.39 is 0 Å². The van der Waals surface area contributed by atoms with E-state index in [1.54, 1.807) is 28.4 Å². The molecule has 1 aliphatic rings. The van der Waals surface area contributed by atoms with Gasteiger partial charge in [0.2, 0.25) is 5.91 Å². The van der Waals surface area contributed by atoms with E-state index in [9.17, 15) is 4.79 Å². The minimum absolute atomic E-state index is 0.196. The average Bonchev–Trinajstić information content (AvgIpc) is 3.18. The zero-order chi connectivity index (χ0) is 13.8. The first-order valence-electron chi connectivity index (χ1n) is 6.84. The lowest BCUT2D eigenvalue weighted by Crippen LogP contribution is -2.39. The lowest BCUT2D eigenvalue weighted by molar-refractivity contribution is -0.132. The highest BCUT2D eigenvalue weighted by atomic mass is 32.1. The first-order chi connectivity index (χ1) is 9.83. The fraction of sp³-hybridized carbons (Fsp3) is 0.538. The van der Waals surface area contributed by atoms with E-state index in [0.717, 1.165) is 30.9 Å². The summed E-state index contributed by atoms with van der Waals surface area (Å²) in [6, 6.07) is 0. The number of aromatic nitrogens is 4. The predicted octanol–water partition coefficient (Wildman–Crippen LogP) is 1.53. The second-order valence-corrected chi connectivity index (χ2v) is 5.89. The largest absolute Gasteiger partial charge is 0.342 e. The zero-order valence-corrected chi connectivity index (χ0v) is 12.0. The molecule has 3 rings (SSSR count). The van der Waals surface area contributed by atoms with Gasteiger partial charge in [0.15, 0.2) is 0 Å². The predicted molar refractivity (Wildman–Crippen MR) is 75.3 cm³/mol. The molecule has 3 heterocycles. The van der Waals surface area contributed by atoms with Crippen molar-refractivity contribution in [1.82, 2.24) is 24.9 Å². The molecule has 0 unspecified atom stereocenters. The van der Waals surface area contributed by atoms with E-state index in [1.807, 2.05) is 16.5 Å². The van der Waals surface area contributed by atoms with Gasteiger partial charge in [0, 0.05) is 43.2 Å². The Morgan fingerprint density at radius 3 is 3.15 bits per heavy atom. The monoisotopic (exact) mass is 291 g/mol. The van der Waals surface area contributed by atoms with Gasteiger partial charge in [0.25, 0.3) is 0 Å². The van der Waals surface area contributed by atoms with E-state index in [1.165, 1.54) is 0 Å². The standard InChI is InChI=1S/C13H17N5OS/c19-12(3-7-18-8-4-15-16-18)17-6-1-2-11(10-17)13-14-5-9-20-13/h4-5,8-9,11H,1-3,6-7,10H2/t11-/m0/s1. The lowest BCUT2D eigenvalue weighted by Gasteiger charge is -2.31. The van der Waals surface area contributed by atoms with Crippen LogP contribution in [0.4, 0.5) is 0 Å². The van der Waals surface area contributed by atoms with Gasteiger partial charge in [-0.1, -0.05) is 5.21 Å². The van der Waals surface area contributed by atoms with Crippen LogP contribution in [0.5, 0.6) is 0 Å². The van der Waals surface area contributed by atoms with E-state index in [4.69, 9.17) is 0 Å². The molecule has 0 radical (unpaired) electrons. The van der Waals surface area contributed by atoms with Crippen molar-refractivity contribution in [2.24, 2.45) is 0 Å². The molecule has 1 amide bonds. The van der Waals surface area contributed by atoms with Crippen LogP contribution in [-0.2, 0) is 11.3 Å². The Hall–Kier alpha value is -1.76. The molecule has 6 nitrogen and oxygen atoms in total. The molecule has 106 valence electrons. The van der Waals surface area contributed by atoms with Crippen LogP contribution in [0.15, 0.2) is 24.0 Å². The Morgan fingerprint density at radius 2 is 2.40 bits per heavy atom. The van der Waals surface area contributed by atoms with Crippen molar-refractivity contribution >= 4 is 17.2 Å². The molecule has 0 aromatic carbocycles. The lowest BCUT2D eigenvalue weighted by atomic mass is 9.98. The summed E-state index contributed by atoms with van der Waals surface area (Å²) < 4.78 is 1.69. The molecule has 2 aromatic rings. The molecule has 20 heavy (non-hydrogen) atoms. The summed E-state index contributed by atoms with van der Waals surface area (Å²) in [6.07, 6.45) is 7.91. The number of amides is 1. The smallest absolute Gasteiger partial charge is 0.224 e. The third-order valence-electron chi connectivity index (χ3n) is 3.60. The van der Waals surface area contributed by atoms with Gasteiger partial charge in [-0.25, -0.2) is 4.98 Å². The van der Waals surface area contributed by atoms with Gasteiger partial charge in [0.05, 0.1) is 17.7 Å². The van der Waals surface area contributed by atoms with Gasteiger partial charge < -0.3 is 4.90 Å². The molecule has 0 N–H and O–H groups in total. The van der Waals surface area contributed by atoms with Crippen LogP contribution < -0.4 is 0 Å². The van der Waals surface area contributed by atoms with Crippen LogP contribution in [-0.4, -0.2) is 43.9 Å². The molecule has 1 aliphatic heterocycles. The number of likely N-dealkylation sites (tertiary alicyclic amines) is 1. The van der Waals surface area contributed by atoms with Crippen LogP contribution >= 0.6 is 11.3 Å². The Kier molecular flexibility index (Phi) is 4.05. The molecular formula is C13H17N5OS. The average molecular weight is 291 g/mol. The number of carbonyl (C=O) groups excluding carboxylic acids is 1. The molecule has 1 atom stereocenters. The van der Waals surface area contributed by atoms with Crippen molar-refractivity contribution < 1.29 is 4.79 Å². The fourth-order valence-corrected chi connectivity index (χ4v) is 3.33. The molecule has 2 aromatic heterocycles. The van der Waals surface area contributed by atoms with Gasteiger partial charge in [-0.2, -0.15) is 0 Å². The van der Waals surface area contributed by atoms with Crippen LogP contribution in [0, 0.1) is 0 Å². The molecule has 0 aliphatic carbocycles. The van der Waals surface area contributed by atoms with Crippen molar-refractivity contribution in [2.45, 2.75) is 31.7 Å². The summed E-state index contributed by atoms with van der Waals surface area (Å²) in [4.78, 5) is 18.6. The number of aryl methyl sites for hydroxylation is 1. The van der Waals surface area contributed by atoms with Crippen molar-refractivity contribution in [2.75, 3.05) is 13.1 Å². The quantitative estimate of drug-likeness (QED) is 0.857. The Bertz CT molecular complexity index is 539. The molecule has 7 heteroatoms. The van der Waals surface area contributed by atoms with Crippen LogP contribution in [0.2, 0.25) is 0 Å². The van der Waals surface area contributed by atoms with Crippen LogP contribution in [0.3, 0.4) is 0 Å². The highest BCUT2D eigenvalue weighted by molar-refractivity contribution is 7.09. The second kappa shape index (κ2) is 6.13. The molecule has 0 spiro atoms. The van der Waals surface area contributed by atoms with E-state index in [2.05, 4.69) is 15.3 Å². The molecule has 0 saturated carbocycles. The number of thiazole rings is 1. The maximum absolute atomic E-state index is 12.3. The van der Waals surface area contributed by atoms with Gasteiger partial charge in [-0.15, -0.1) is 16.4 Å². The highest BCUT2D eigenvalue weighted by Crippen LogP contribution is 2.28. The SMILES string of the molecule is O=C(CCn1ccnn1)N1CCC[C@H](c2nccs2)C1.